The highest BCUT2D eigenvalue weighted by Crippen LogP contribution is 2.27. The lowest BCUT2D eigenvalue weighted by atomic mass is 10.1. The van der Waals surface area contributed by atoms with E-state index in [2.05, 4.69) is 15.6 Å². The van der Waals surface area contributed by atoms with E-state index >= 15 is 0 Å². The Kier molecular flexibility index (Phi) is 3.45. The van der Waals surface area contributed by atoms with Crippen LogP contribution in [0.1, 0.15) is 6.42 Å². The first-order valence-corrected chi connectivity index (χ1v) is 7.70. The zero-order valence-corrected chi connectivity index (χ0v) is 11.2. The highest BCUT2D eigenvalue weighted by molar-refractivity contribution is 7.90. The number of sulfone groups is 1. The molecule has 0 fully saturated rings. The maximum Gasteiger partial charge on any atom is 0.247 e. The first-order valence-electron chi connectivity index (χ1n) is 5.26. The fourth-order valence-corrected chi connectivity index (χ4v) is 2.46. The first kappa shape index (κ1) is 13.1. The number of hydrogen-bond acceptors (Lipinski definition) is 5. The molecule has 2 rings (SSSR count). The lowest BCUT2D eigenvalue weighted by Crippen LogP contribution is -2.40. The molecule has 0 spiro atoms. The summed E-state index contributed by atoms with van der Waals surface area (Å²) in [5, 5.41) is 5.97. The van der Waals surface area contributed by atoms with Crippen molar-refractivity contribution in [2.24, 2.45) is 0 Å². The summed E-state index contributed by atoms with van der Waals surface area (Å²) in [5.74, 6) is 0.161. The predicted molar refractivity (Wildman–Crippen MR) is 69.6 cm³/mol. The third-order valence-electron chi connectivity index (χ3n) is 2.52. The van der Waals surface area contributed by atoms with E-state index in [1.54, 1.807) is 6.07 Å². The molecule has 1 aromatic rings. The van der Waals surface area contributed by atoms with Crippen LogP contribution in [0, 0.1) is 0 Å². The van der Waals surface area contributed by atoms with Crippen molar-refractivity contribution in [2.75, 3.05) is 22.6 Å². The van der Waals surface area contributed by atoms with Crippen LogP contribution in [0.5, 0.6) is 0 Å². The molecule has 0 bridgehead atoms. The summed E-state index contributed by atoms with van der Waals surface area (Å²) < 4.78 is 22.2. The SMILES string of the molecule is CS(=O)(=O)CCC1Nc2ncc(Cl)cc2NC1=O. The molecule has 98 valence electrons. The van der Waals surface area contributed by atoms with Crippen LogP contribution < -0.4 is 10.6 Å². The number of amides is 1. The van der Waals surface area contributed by atoms with Gasteiger partial charge < -0.3 is 10.6 Å². The molecule has 1 unspecified atom stereocenters. The summed E-state index contributed by atoms with van der Waals surface area (Å²) in [6.07, 6.45) is 2.80. The van der Waals surface area contributed by atoms with Gasteiger partial charge in [0.1, 0.15) is 15.9 Å². The van der Waals surface area contributed by atoms with E-state index in [9.17, 15) is 13.2 Å². The summed E-state index contributed by atoms with van der Waals surface area (Å²) in [5.41, 5.74) is 0.503. The fourth-order valence-electron chi connectivity index (χ4n) is 1.64. The molecule has 2 N–H and O–H groups in total. The molecule has 2 heterocycles. The van der Waals surface area contributed by atoms with Crippen LogP contribution in [0.4, 0.5) is 11.5 Å². The number of fused-ring (bicyclic) bond motifs is 1. The Labute approximate surface area is 110 Å². The highest BCUT2D eigenvalue weighted by Gasteiger charge is 2.27. The quantitative estimate of drug-likeness (QED) is 0.863. The van der Waals surface area contributed by atoms with Gasteiger partial charge in [-0.15, -0.1) is 0 Å². The van der Waals surface area contributed by atoms with Crippen LogP contribution in [0.25, 0.3) is 0 Å². The Balaban J connectivity index is 2.13. The fraction of sp³-hybridized carbons (Fsp3) is 0.400. The lowest BCUT2D eigenvalue weighted by Gasteiger charge is -2.25. The molecule has 0 aliphatic carbocycles. The number of aromatic nitrogens is 1. The molecule has 1 aromatic heterocycles. The Morgan fingerprint density at radius 3 is 2.89 bits per heavy atom. The van der Waals surface area contributed by atoms with Crippen molar-refractivity contribution in [1.82, 2.24) is 4.98 Å². The van der Waals surface area contributed by atoms with Gasteiger partial charge in [-0.3, -0.25) is 4.79 Å². The van der Waals surface area contributed by atoms with Crippen LogP contribution >= 0.6 is 11.6 Å². The smallest absolute Gasteiger partial charge is 0.247 e. The van der Waals surface area contributed by atoms with Gasteiger partial charge in [-0.05, 0) is 12.5 Å². The second-order valence-electron chi connectivity index (χ2n) is 4.15. The van der Waals surface area contributed by atoms with Crippen LogP contribution in [-0.4, -0.2) is 37.4 Å². The molecule has 8 heteroatoms. The van der Waals surface area contributed by atoms with Crippen molar-refractivity contribution < 1.29 is 13.2 Å². The second kappa shape index (κ2) is 4.74. The van der Waals surface area contributed by atoms with E-state index in [1.807, 2.05) is 0 Å². The average molecular weight is 290 g/mol. The minimum Gasteiger partial charge on any atom is -0.357 e. The average Bonchev–Trinajstić information content (AvgIpc) is 2.25. The standard InChI is InChI=1S/C10H12ClN3O3S/c1-18(16,17)3-2-7-10(15)14-8-4-6(11)5-12-9(8)13-7/h4-5,7H,2-3H2,1H3,(H,12,13)(H,14,15). The Morgan fingerprint density at radius 2 is 2.22 bits per heavy atom. The third-order valence-corrected chi connectivity index (χ3v) is 3.70. The summed E-state index contributed by atoms with van der Waals surface area (Å²) >= 11 is 5.76. The minimum absolute atomic E-state index is 0.0546. The van der Waals surface area contributed by atoms with Crippen LogP contribution in [-0.2, 0) is 14.6 Å². The van der Waals surface area contributed by atoms with Gasteiger partial charge in [-0.2, -0.15) is 0 Å². The second-order valence-corrected chi connectivity index (χ2v) is 6.85. The predicted octanol–water partition coefficient (Wildman–Crippen LogP) is 0.902. The normalized spacial score (nSPS) is 18.8. The third kappa shape index (κ3) is 3.11. The molecule has 0 saturated carbocycles. The van der Waals surface area contributed by atoms with Crippen molar-refractivity contribution in [2.45, 2.75) is 12.5 Å². The maximum atomic E-state index is 11.7. The van der Waals surface area contributed by atoms with Crippen molar-refractivity contribution >= 4 is 38.9 Å². The number of nitrogens with zero attached hydrogens (tertiary/aromatic N) is 1. The van der Waals surface area contributed by atoms with Gasteiger partial charge in [0.15, 0.2) is 5.82 Å². The minimum atomic E-state index is -3.09. The van der Waals surface area contributed by atoms with Crippen molar-refractivity contribution in [1.29, 1.82) is 0 Å². The number of nitrogens with one attached hydrogen (secondary N) is 2. The van der Waals surface area contributed by atoms with Crippen LogP contribution in [0.3, 0.4) is 0 Å². The van der Waals surface area contributed by atoms with Crippen LogP contribution in [0.15, 0.2) is 12.3 Å². The molecule has 18 heavy (non-hydrogen) atoms. The van der Waals surface area contributed by atoms with Gasteiger partial charge in [-0.25, -0.2) is 13.4 Å². The monoisotopic (exact) mass is 289 g/mol. The van der Waals surface area contributed by atoms with E-state index in [4.69, 9.17) is 11.6 Å². The zero-order valence-electron chi connectivity index (χ0n) is 9.60. The van der Waals surface area contributed by atoms with E-state index in [0.29, 0.717) is 16.5 Å². The number of rotatable bonds is 3. The van der Waals surface area contributed by atoms with E-state index < -0.39 is 15.9 Å². The van der Waals surface area contributed by atoms with Gasteiger partial charge >= 0.3 is 0 Å². The van der Waals surface area contributed by atoms with Gasteiger partial charge in [-0.1, -0.05) is 11.6 Å². The van der Waals surface area contributed by atoms with E-state index in [-0.39, 0.29) is 18.1 Å². The Hall–Kier alpha value is -1.34. The molecule has 0 aromatic carbocycles. The number of carbonyl (C=O) groups excluding carboxylic acids is 1. The number of anilines is 2. The molecule has 1 aliphatic rings. The van der Waals surface area contributed by atoms with Gasteiger partial charge in [0.25, 0.3) is 0 Å². The topological polar surface area (TPSA) is 88.2 Å². The summed E-state index contributed by atoms with van der Waals surface area (Å²) in [6.45, 7) is 0. The number of hydrogen-bond donors (Lipinski definition) is 2. The molecule has 0 radical (unpaired) electrons. The van der Waals surface area contributed by atoms with Crippen LogP contribution in [0.2, 0.25) is 5.02 Å². The van der Waals surface area contributed by atoms with Gasteiger partial charge in [0.05, 0.1) is 16.5 Å². The molecule has 1 amide bonds. The summed E-state index contributed by atoms with van der Waals surface area (Å²) in [7, 11) is -3.09. The first-order chi connectivity index (χ1) is 8.35. The van der Waals surface area contributed by atoms with Gasteiger partial charge in [0, 0.05) is 12.5 Å². The highest BCUT2D eigenvalue weighted by atomic mass is 35.5. The molecule has 0 saturated heterocycles. The maximum absolute atomic E-state index is 11.7. The van der Waals surface area contributed by atoms with E-state index in [0.717, 1.165) is 6.26 Å². The van der Waals surface area contributed by atoms with Gasteiger partial charge in [0.2, 0.25) is 5.91 Å². The number of halogens is 1. The number of pyridine rings is 1. The zero-order chi connectivity index (χ0) is 13.3. The molecule has 1 aliphatic heterocycles. The lowest BCUT2D eigenvalue weighted by molar-refractivity contribution is -0.117. The summed E-state index contributed by atoms with van der Waals surface area (Å²) in [4.78, 5) is 15.8. The molecular weight excluding hydrogens is 278 g/mol. The summed E-state index contributed by atoms with van der Waals surface area (Å²) in [6, 6.07) is 0.989. The molecule has 6 nitrogen and oxygen atoms in total. The molecule has 1 atom stereocenters. The molecular formula is C10H12ClN3O3S. The van der Waals surface area contributed by atoms with Crippen molar-refractivity contribution in [3.63, 3.8) is 0 Å². The van der Waals surface area contributed by atoms with Crippen molar-refractivity contribution in [3.05, 3.63) is 17.3 Å². The Bertz CT molecular complexity index is 588. The largest absolute Gasteiger partial charge is 0.357 e. The van der Waals surface area contributed by atoms with E-state index in [1.165, 1.54) is 6.20 Å². The Morgan fingerprint density at radius 1 is 1.50 bits per heavy atom. The van der Waals surface area contributed by atoms with Crippen molar-refractivity contribution in [3.8, 4) is 0 Å². The number of carbonyl (C=O) groups is 1.